The molecule has 0 aromatic heterocycles. The van der Waals surface area contributed by atoms with E-state index in [2.05, 4.69) is 27.2 Å². The fraction of sp³-hybridized carbons (Fsp3) is 0.667. The molecule has 1 N–H and O–H groups in total. The number of nitrogens with one attached hydrogen (secondary N) is 1. The van der Waals surface area contributed by atoms with Crippen molar-refractivity contribution >= 4 is 11.8 Å². The van der Waals surface area contributed by atoms with E-state index in [1.165, 1.54) is 31.2 Å². The molecule has 0 saturated carbocycles. The highest BCUT2D eigenvalue weighted by Crippen LogP contribution is 2.22. The molecule has 6 nitrogen and oxygen atoms in total. The van der Waals surface area contributed by atoms with Crippen LogP contribution >= 0.6 is 0 Å². The number of benzene rings is 1. The van der Waals surface area contributed by atoms with Gasteiger partial charge in [-0.05, 0) is 68.8 Å². The molecule has 0 radical (unpaired) electrons. The summed E-state index contributed by atoms with van der Waals surface area (Å²) in [6, 6.07) is 7.92. The number of hydrogen-bond acceptors (Lipinski definition) is 4. The predicted molar refractivity (Wildman–Crippen MR) is 119 cm³/mol. The molecule has 2 fully saturated rings. The number of methoxy groups -OCH3 is 1. The smallest absolute Gasteiger partial charge is 0.251 e. The molecule has 2 aliphatic heterocycles. The van der Waals surface area contributed by atoms with Crippen LogP contribution in [-0.4, -0.2) is 74.6 Å². The van der Waals surface area contributed by atoms with E-state index in [0.717, 1.165) is 45.4 Å². The predicted octanol–water partition coefficient (Wildman–Crippen LogP) is 2.72. The zero-order valence-corrected chi connectivity index (χ0v) is 18.4. The van der Waals surface area contributed by atoms with Crippen LogP contribution in [0.15, 0.2) is 24.3 Å². The van der Waals surface area contributed by atoms with Gasteiger partial charge in [-0.15, -0.1) is 0 Å². The molecule has 2 aliphatic rings. The molecule has 0 bridgehead atoms. The Labute approximate surface area is 180 Å². The van der Waals surface area contributed by atoms with Gasteiger partial charge in [0.15, 0.2) is 0 Å². The molecule has 1 aromatic carbocycles. The molecular weight excluding hydrogens is 378 g/mol. The monoisotopic (exact) mass is 415 g/mol. The third-order valence-electron chi connectivity index (χ3n) is 6.36. The number of hydrogen-bond donors (Lipinski definition) is 1. The number of carbonyl (C=O) groups is 2. The zero-order valence-electron chi connectivity index (χ0n) is 18.4. The maximum atomic E-state index is 12.7. The number of carbonyl (C=O) groups excluding carboxylic acids is 2. The quantitative estimate of drug-likeness (QED) is 0.663. The van der Waals surface area contributed by atoms with Gasteiger partial charge in [0.2, 0.25) is 5.91 Å². The Hall–Kier alpha value is -1.92. The minimum absolute atomic E-state index is 0.0603. The minimum Gasteiger partial charge on any atom is -0.383 e. The number of likely N-dealkylation sites (tertiary alicyclic amines) is 2. The van der Waals surface area contributed by atoms with E-state index >= 15 is 0 Å². The molecule has 0 unspecified atom stereocenters. The molecule has 3 rings (SSSR count). The fourth-order valence-electron chi connectivity index (χ4n) is 4.47. The van der Waals surface area contributed by atoms with E-state index in [1.54, 1.807) is 7.11 Å². The van der Waals surface area contributed by atoms with Crippen LogP contribution in [0.2, 0.25) is 0 Å². The summed E-state index contributed by atoms with van der Waals surface area (Å²) in [4.78, 5) is 29.2. The summed E-state index contributed by atoms with van der Waals surface area (Å²) in [6.07, 6.45) is 8.19. The Morgan fingerprint density at radius 1 is 1.00 bits per heavy atom. The summed E-state index contributed by atoms with van der Waals surface area (Å²) >= 11 is 0. The summed E-state index contributed by atoms with van der Waals surface area (Å²) in [5, 5.41) is 2.84. The van der Waals surface area contributed by atoms with E-state index in [-0.39, 0.29) is 5.91 Å². The lowest BCUT2D eigenvalue weighted by Gasteiger charge is -2.33. The van der Waals surface area contributed by atoms with Crippen molar-refractivity contribution in [2.75, 3.05) is 53.0 Å². The first-order valence-electron chi connectivity index (χ1n) is 11.5. The van der Waals surface area contributed by atoms with E-state index < -0.39 is 0 Å². The lowest BCUT2D eigenvalue weighted by Crippen LogP contribution is -2.44. The Bertz CT molecular complexity index is 661. The van der Waals surface area contributed by atoms with E-state index in [9.17, 15) is 9.59 Å². The van der Waals surface area contributed by atoms with Crippen molar-refractivity contribution < 1.29 is 14.3 Å². The van der Waals surface area contributed by atoms with Gasteiger partial charge in [-0.25, -0.2) is 0 Å². The van der Waals surface area contributed by atoms with Gasteiger partial charge in [-0.2, -0.15) is 0 Å². The Balaban J connectivity index is 1.39. The number of rotatable bonds is 8. The second-order valence-corrected chi connectivity index (χ2v) is 8.66. The third kappa shape index (κ3) is 7.10. The second kappa shape index (κ2) is 12.1. The summed E-state index contributed by atoms with van der Waals surface area (Å²) in [5.74, 6) is 0.850. The summed E-state index contributed by atoms with van der Waals surface area (Å²) < 4.78 is 4.96. The molecule has 166 valence electrons. The average molecular weight is 416 g/mol. The molecule has 0 spiro atoms. The highest BCUT2D eigenvalue weighted by Gasteiger charge is 2.24. The summed E-state index contributed by atoms with van der Waals surface area (Å²) in [5.41, 5.74) is 1.95. The van der Waals surface area contributed by atoms with E-state index in [1.807, 2.05) is 12.1 Å². The van der Waals surface area contributed by atoms with Gasteiger partial charge >= 0.3 is 0 Å². The lowest BCUT2D eigenvalue weighted by atomic mass is 9.90. The van der Waals surface area contributed by atoms with Crippen molar-refractivity contribution in [1.29, 1.82) is 0 Å². The first-order valence-corrected chi connectivity index (χ1v) is 11.5. The highest BCUT2D eigenvalue weighted by atomic mass is 16.5. The Kier molecular flexibility index (Phi) is 9.15. The molecule has 0 aliphatic carbocycles. The molecule has 2 saturated heterocycles. The number of nitrogens with zero attached hydrogens (tertiary/aromatic N) is 2. The number of ether oxygens (including phenoxy) is 1. The van der Waals surface area contributed by atoms with Crippen LogP contribution in [0.25, 0.3) is 0 Å². The van der Waals surface area contributed by atoms with Gasteiger partial charge in [0.1, 0.15) is 0 Å². The van der Waals surface area contributed by atoms with Crippen molar-refractivity contribution in [1.82, 2.24) is 15.1 Å². The first-order chi connectivity index (χ1) is 14.7. The van der Waals surface area contributed by atoms with E-state index in [0.29, 0.717) is 37.1 Å². The van der Waals surface area contributed by atoms with Crippen LogP contribution in [0, 0.1) is 5.92 Å². The molecule has 2 heterocycles. The van der Waals surface area contributed by atoms with Gasteiger partial charge in [-0.3, -0.25) is 14.5 Å². The van der Waals surface area contributed by atoms with Crippen LogP contribution in [0.3, 0.4) is 0 Å². The van der Waals surface area contributed by atoms with Crippen molar-refractivity contribution in [3.8, 4) is 0 Å². The number of piperidine rings is 1. The van der Waals surface area contributed by atoms with Gasteiger partial charge in [-0.1, -0.05) is 25.0 Å². The average Bonchev–Trinajstić information content (AvgIpc) is 3.03. The largest absolute Gasteiger partial charge is 0.383 e. The highest BCUT2D eigenvalue weighted by molar-refractivity contribution is 5.94. The van der Waals surface area contributed by atoms with Gasteiger partial charge in [0.25, 0.3) is 5.91 Å². The molecule has 2 amide bonds. The minimum atomic E-state index is -0.0603. The van der Waals surface area contributed by atoms with Crippen LogP contribution < -0.4 is 5.32 Å². The van der Waals surface area contributed by atoms with Gasteiger partial charge < -0.3 is 15.0 Å². The maximum Gasteiger partial charge on any atom is 0.251 e. The topological polar surface area (TPSA) is 61.9 Å². The SMILES string of the molecule is COCCNC(=O)c1ccc(CC2CCN(C(=O)CN3CCCCCC3)CC2)cc1. The molecular formula is C24H37N3O3. The standard InChI is InChI=1S/C24H37N3O3/c1-30-17-12-25-24(29)22-8-6-20(7-9-22)18-21-10-15-27(16-11-21)23(28)19-26-13-4-2-3-5-14-26/h6-9,21H,2-5,10-19H2,1H3,(H,25,29). The van der Waals surface area contributed by atoms with Crippen LogP contribution in [0.4, 0.5) is 0 Å². The van der Waals surface area contributed by atoms with Crippen molar-refractivity contribution in [2.45, 2.75) is 44.9 Å². The Morgan fingerprint density at radius 3 is 2.30 bits per heavy atom. The molecule has 1 aromatic rings. The summed E-state index contributed by atoms with van der Waals surface area (Å²) in [6.45, 7) is 5.52. The van der Waals surface area contributed by atoms with Gasteiger partial charge in [0.05, 0.1) is 13.2 Å². The first kappa shape index (κ1) is 22.8. The molecule has 6 heteroatoms. The van der Waals surface area contributed by atoms with Crippen molar-refractivity contribution in [2.24, 2.45) is 5.92 Å². The van der Waals surface area contributed by atoms with Crippen molar-refractivity contribution in [3.63, 3.8) is 0 Å². The van der Waals surface area contributed by atoms with Crippen molar-refractivity contribution in [3.05, 3.63) is 35.4 Å². The molecule has 30 heavy (non-hydrogen) atoms. The second-order valence-electron chi connectivity index (χ2n) is 8.66. The number of amides is 2. The Morgan fingerprint density at radius 2 is 1.67 bits per heavy atom. The fourth-order valence-corrected chi connectivity index (χ4v) is 4.47. The lowest BCUT2D eigenvalue weighted by molar-refractivity contribution is -0.133. The maximum absolute atomic E-state index is 12.7. The third-order valence-corrected chi connectivity index (χ3v) is 6.36. The normalized spacial score (nSPS) is 18.8. The zero-order chi connectivity index (χ0) is 21.2. The van der Waals surface area contributed by atoms with Crippen LogP contribution in [0.1, 0.15) is 54.4 Å². The van der Waals surface area contributed by atoms with Crippen LogP contribution in [-0.2, 0) is 16.0 Å². The molecule has 0 atom stereocenters. The van der Waals surface area contributed by atoms with E-state index in [4.69, 9.17) is 4.74 Å². The van der Waals surface area contributed by atoms with Crippen LogP contribution in [0.5, 0.6) is 0 Å². The summed E-state index contributed by atoms with van der Waals surface area (Å²) in [7, 11) is 1.62. The van der Waals surface area contributed by atoms with Gasteiger partial charge in [0, 0.05) is 32.3 Å².